The number of hydroxylamine groups is 2. The fraction of sp³-hybridized carbons (Fsp3) is 1.00. The normalized spacial score (nSPS) is 9.00. The van der Waals surface area contributed by atoms with Gasteiger partial charge in [-0.3, -0.25) is 4.84 Å². The SMILES string of the molecule is CCON(C)CC.Cl. The molecule has 0 aromatic heterocycles. The summed E-state index contributed by atoms with van der Waals surface area (Å²) in [5.74, 6) is 0. The van der Waals surface area contributed by atoms with Gasteiger partial charge < -0.3 is 0 Å². The number of nitrogens with zero attached hydrogens (tertiary/aromatic N) is 1. The van der Waals surface area contributed by atoms with Gasteiger partial charge in [0.2, 0.25) is 0 Å². The molecule has 0 heterocycles. The fourth-order valence-corrected chi connectivity index (χ4v) is 0.312. The molecule has 52 valence electrons. The number of rotatable bonds is 3. The Bertz CT molecular complexity index is 43.4. The van der Waals surface area contributed by atoms with E-state index >= 15 is 0 Å². The zero-order chi connectivity index (χ0) is 5.70. The van der Waals surface area contributed by atoms with E-state index in [4.69, 9.17) is 4.84 Å². The van der Waals surface area contributed by atoms with Crippen LogP contribution in [0.2, 0.25) is 0 Å². The highest BCUT2D eigenvalue weighted by molar-refractivity contribution is 5.85. The first-order chi connectivity index (χ1) is 3.31. The van der Waals surface area contributed by atoms with E-state index in [-0.39, 0.29) is 12.4 Å². The van der Waals surface area contributed by atoms with Crippen LogP contribution in [0.4, 0.5) is 0 Å². The monoisotopic (exact) mass is 139 g/mol. The molecular formula is C5H14ClNO. The number of halogens is 1. The van der Waals surface area contributed by atoms with Crippen LogP contribution in [-0.2, 0) is 4.84 Å². The van der Waals surface area contributed by atoms with E-state index in [1.54, 1.807) is 5.06 Å². The van der Waals surface area contributed by atoms with E-state index < -0.39 is 0 Å². The van der Waals surface area contributed by atoms with Crippen molar-refractivity contribution in [3.8, 4) is 0 Å². The van der Waals surface area contributed by atoms with Crippen LogP contribution < -0.4 is 0 Å². The van der Waals surface area contributed by atoms with Crippen molar-refractivity contribution in [2.45, 2.75) is 13.8 Å². The van der Waals surface area contributed by atoms with Crippen LogP contribution in [0.3, 0.4) is 0 Å². The molecule has 3 heteroatoms. The Labute approximate surface area is 57.2 Å². The fourth-order valence-electron chi connectivity index (χ4n) is 0.312. The number of hydrogen-bond donors (Lipinski definition) is 0. The summed E-state index contributed by atoms with van der Waals surface area (Å²) in [5, 5.41) is 1.81. The Hall–Kier alpha value is 0.210. The highest BCUT2D eigenvalue weighted by Gasteiger charge is 1.86. The molecule has 0 aliphatic heterocycles. The van der Waals surface area contributed by atoms with Crippen molar-refractivity contribution in [1.29, 1.82) is 0 Å². The molecule has 0 aromatic carbocycles. The largest absolute Gasteiger partial charge is 0.300 e. The van der Waals surface area contributed by atoms with E-state index in [1.165, 1.54) is 0 Å². The van der Waals surface area contributed by atoms with Crippen LogP contribution in [0.5, 0.6) is 0 Å². The van der Waals surface area contributed by atoms with Crippen molar-refractivity contribution >= 4 is 12.4 Å². The second-order valence-corrected chi connectivity index (χ2v) is 1.36. The highest BCUT2D eigenvalue weighted by Crippen LogP contribution is 1.79. The van der Waals surface area contributed by atoms with Gasteiger partial charge in [-0.15, -0.1) is 12.4 Å². The van der Waals surface area contributed by atoms with Gasteiger partial charge in [0.25, 0.3) is 0 Å². The quantitative estimate of drug-likeness (QED) is 0.547. The van der Waals surface area contributed by atoms with Gasteiger partial charge >= 0.3 is 0 Å². The summed E-state index contributed by atoms with van der Waals surface area (Å²) in [7, 11) is 1.92. The molecular weight excluding hydrogens is 126 g/mol. The minimum atomic E-state index is 0. The van der Waals surface area contributed by atoms with Gasteiger partial charge in [-0.05, 0) is 6.92 Å². The van der Waals surface area contributed by atoms with E-state index in [0.717, 1.165) is 13.2 Å². The molecule has 0 aliphatic rings. The molecule has 0 aliphatic carbocycles. The summed E-state index contributed by atoms with van der Waals surface area (Å²) in [6.07, 6.45) is 0. The summed E-state index contributed by atoms with van der Waals surface area (Å²) in [6, 6.07) is 0. The van der Waals surface area contributed by atoms with Crippen LogP contribution in [0.1, 0.15) is 13.8 Å². The first-order valence-corrected chi connectivity index (χ1v) is 2.65. The zero-order valence-electron chi connectivity index (χ0n) is 5.68. The molecule has 0 aromatic rings. The number of hydrogen-bond acceptors (Lipinski definition) is 2. The highest BCUT2D eigenvalue weighted by atomic mass is 35.5. The molecule has 0 saturated carbocycles. The van der Waals surface area contributed by atoms with Crippen LogP contribution in [0, 0.1) is 0 Å². The minimum absolute atomic E-state index is 0. The lowest BCUT2D eigenvalue weighted by Gasteiger charge is -2.10. The Kier molecular flexibility index (Phi) is 9.97. The Balaban J connectivity index is 0. The van der Waals surface area contributed by atoms with Gasteiger partial charge in [-0.25, -0.2) is 0 Å². The van der Waals surface area contributed by atoms with E-state index in [2.05, 4.69) is 6.92 Å². The third kappa shape index (κ3) is 6.21. The van der Waals surface area contributed by atoms with Crippen molar-refractivity contribution in [1.82, 2.24) is 5.06 Å². The molecule has 0 spiro atoms. The summed E-state index contributed by atoms with van der Waals surface area (Å²) in [6.45, 7) is 5.75. The minimum Gasteiger partial charge on any atom is -0.300 e. The first-order valence-electron chi connectivity index (χ1n) is 2.65. The predicted molar refractivity (Wildman–Crippen MR) is 37.2 cm³/mol. The summed E-state index contributed by atoms with van der Waals surface area (Å²) >= 11 is 0. The third-order valence-electron chi connectivity index (χ3n) is 0.795. The lowest BCUT2D eigenvalue weighted by Crippen LogP contribution is -2.17. The topological polar surface area (TPSA) is 12.5 Å². The van der Waals surface area contributed by atoms with Gasteiger partial charge in [0, 0.05) is 13.6 Å². The Morgan fingerprint density at radius 1 is 1.38 bits per heavy atom. The molecule has 0 fully saturated rings. The molecule has 0 bridgehead atoms. The molecule has 0 amide bonds. The Morgan fingerprint density at radius 3 is 2.00 bits per heavy atom. The second kappa shape index (κ2) is 7.21. The Morgan fingerprint density at radius 2 is 1.88 bits per heavy atom. The van der Waals surface area contributed by atoms with Crippen LogP contribution in [0.25, 0.3) is 0 Å². The van der Waals surface area contributed by atoms with Crippen molar-refractivity contribution in [3.05, 3.63) is 0 Å². The lowest BCUT2D eigenvalue weighted by molar-refractivity contribution is -0.130. The smallest absolute Gasteiger partial charge is 0.0656 e. The molecule has 0 rings (SSSR count). The van der Waals surface area contributed by atoms with Crippen molar-refractivity contribution in [3.63, 3.8) is 0 Å². The summed E-state index contributed by atoms with van der Waals surface area (Å²) in [4.78, 5) is 5.02. The van der Waals surface area contributed by atoms with Crippen molar-refractivity contribution in [2.24, 2.45) is 0 Å². The summed E-state index contributed by atoms with van der Waals surface area (Å²) in [5.41, 5.74) is 0. The maximum atomic E-state index is 5.02. The third-order valence-corrected chi connectivity index (χ3v) is 0.795. The molecule has 0 atom stereocenters. The maximum Gasteiger partial charge on any atom is 0.0656 e. The van der Waals surface area contributed by atoms with E-state index in [9.17, 15) is 0 Å². The van der Waals surface area contributed by atoms with Gasteiger partial charge in [0.15, 0.2) is 0 Å². The average molecular weight is 140 g/mol. The van der Waals surface area contributed by atoms with Crippen molar-refractivity contribution < 1.29 is 4.84 Å². The van der Waals surface area contributed by atoms with Gasteiger partial charge in [0.1, 0.15) is 0 Å². The predicted octanol–water partition coefficient (Wildman–Crippen LogP) is 1.31. The molecule has 0 unspecified atom stereocenters. The van der Waals surface area contributed by atoms with Crippen LogP contribution in [0.15, 0.2) is 0 Å². The standard InChI is InChI=1S/C5H13NO.ClH/c1-4-6(3)7-5-2;/h4-5H2,1-3H3;1H. The van der Waals surface area contributed by atoms with Gasteiger partial charge in [-0.1, -0.05) is 6.92 Å². The lowest BCUT2D eigenvalue weighted by atomic mass is 10.8. The zero-order valence-corrected chi connectivity index (χ0v) is 6.49. The molecule has 0 N–H and O–H groups in total. The summed E-state index contributed by atoms with van der Waals surface area (Å²) < 4.78 is 0. The maximum absolute atomic E-state index is 5.02. The van der Waals surface area contributed by atoms with Crippen molar-refractivity contribution in [2.75, 3.05) is 20.2 Å². The van der Waals surface area contributed by atoms with Crippen LogP contribution >= 0.6 is 12.4 Å². The molecule has 8 heavy (non-hydrogen) atoms. The van der Waals surface area contributed by atoms with Gasteiger partial charge in [0.05, 0.1) is 6.61 Å². The van der Waals surface area contributed by atoms with E-state index in [1.807, 2.05) is 14.0 Å². The molecule has 0 saturated heterocycles. The second-order valence-electron chi connectivity index (χ2n) is 1.36. The average Bonchev–Trinajstić information content (AvgIpc) is 1.68. The van der Waals surface area contributed by atoms with Crippen LogP contribution in [-0.4, -0.2) is 25.3 Å². The van der Waals surface area contributed by atoms with E-state index in [0.29, 0.717) is 0 Å². The first kappa shape index (κ1) is 11.1. The molecule has 2 nitrogen and oxygen atoms in total. The van der Waals surface area contributed by atoms with Gasteiger partial charge in [-0.2, -0.15) is 5.06 Å². The molecule has 0 radical (unpaired) electrons.